The lowest BCUT2D eigenvalue weighted by molar-refractivity contribution is 0.0993. The molecule has 0 saturated carbocycles. The molecule has 4 aromatic rings. The minimum absolute atomic E-state index is 0.0424. The first-order valence-electron chi connectivity index (χ1n) is 11.3. The molecule has 0 aromatic carbocycles. The second kappa shape index (κ2) is 9.75. The zero-order chi connectivity index (χ0) is 25.1. The summed E-state index contributed by atoms with van der Waals surface area (Å²) in [7, 11) is 3.78. The maximum absolute atomic E-state index is 12.7. The highest BCUT2D eigenvalue weighted by molar-refractivity contribution is 6.32. The summed E-state index contributed by atoms with van der Waals surface area (Å²) in [4.78, 5) is 43.1. The molecule has 2 aliphatic heterocycles. The molecule has 4 aromatic heterocycles. The van der Waals surface area contributed by atoms with Crippen molar-refractivity contribution in [2.75, 3.05) is 24.7 Å². The van der Waals surface area contributed by atoms with Gasteiger partial charge in [0, 0.05) is 62.6 Å². The molecule has 0 radical (unpaired) electrons. The molecule has 2 aliphatic rings. The van der Waals surface area contributed by atoms with Crippen LogP contribution in [0.15, 0.2) is 79.8 Å². The minimum Gasteiger partial charge on any atom is -0.383 e. The van der Waals surface area contributed by atoms with Gasteiger partial charge in [0.2, 0.25) is 0 Å². The van der Waals surface area contributed by atoms with Crippen molar-refractivity contribution in [2.24, 2.45) is 0 Å². The van der Waals surface area contributed by atoms with Gasteiger partial charge in [-0.15, -0.1) is 0 Å². The molecular formula is C27H23N7O2. The normalized spacial score (nSPS) is 14.3. The highest BCUT2D eigenvalue weighted by atomic mass is 16.1. The van der Waals surface area contributed by atoms with E-state index in [9.17, 15) is 9.59 Å². The van der Waals surface area contributed by atoms with Gasteiger partial charge in [-0.05, 0) is 42.0 Å². The Kier molecular flexibility index (Phi) is 6.19. The molecule has 0 atom stereocenters. The number of rotatable bonds is 1. The van der Waals surface area contributed by atoms with E-state index in [4.69, 9.17) is 0 Å². The average Bonchev–Trinajstić information content (AvgIpc) is 3.10. The van der Waals surface area contributed by atoms with Crippen LogP contribution in [0.1, 0.15) is 31.8 Å². The predicted octanol–water partition coefficient (Wildman–Crippen LogP) is 4.28. The quantitative estimate of drug-likeness (QED) is 0.388. The first-order chi connectivity index (χ1) is 17.5. The molecule has 6 rings (SSSR count). The van der Waals surface area contributed by atoms with Gasteiger partial charge < -0.3 is 15.5 Å². The molecule has 0 amide bonds. The Balaban J connectivity index is 0.000000152. The number of fused-ring (bicyclic) bond motifs is 4. The van der Waals surface area contributed by atoms with E-state index in [0.717, 1.165) is 22.5 Å². The number of carbonyl (C=O) groups excluding carboxylic acids is 2. The van der Waals surface area contributed by atoms with Crippen molar-refractivity contribution in [2.45, 2.75) is 6.42 Å². The van der Waals surface area contributed by atoms with E-state index in [1.807, 2.05) is 37.3 Å². The van der Waals surface area contributed by atoms with Gasteiger partial charge in [-0.2, -0.15) is 0 Å². The molecule has 2 N–H and O–H groups in total. The fourth-order valence-electron chi connectivity index (χ4n) is 4.01. The molecule has 6 heterocycles. The monoisotopic (exact) mass is 477 g/mol. The number of pyridine rings is 4. The number of Topliss-reactive ketones (excluding diaryl/α,β-unsaturated/α-hetero) is 2. The van der Waals surface area contributed by atoms with E-state index in [1.54, 1.807) is 61.4 Å². The standard InChI is InChI=1S/C15H14N4O.C12H9N3O/c1-19(2)9-12-10-5-7-16-8-13(10)18-15-11(14(12)20)4-3-6-17-15;16-11-6-8-3-5-13-7-10(8)15-12-9(11)2-1-4-14-12/h3-9H,1-2H3,(H,17,18);1-5,7H,6H2,(H,14,15)/b12-9+;. The number of hydrogen-bond acceptors (Lipinski definition) is 9. The fourth-order valence-corrected chi connectivity index (χ4v) is 4.01. The maximum atomic E-state index is 12.7. The molecule has 36 heavy (non-hydrogen) atoms. The molecule has 9 heteroatoms. The Hall–Kier alpha value is -4.92. The lowest BCUT2D eigenvalue weighted by atomic mass is 9.99. The summed E-state index contributed by atoms with van der Waals surface area (Å²) in [5.74, 6) is 1.22. The number of carbonyl (C=O) groups is 2. The summed E-state index contributed by atoms with van der Waals surface area (Å²) < 4.78 is 0. The van der Waals surface area contributed by atoms with Crippen LogP contribution in [0, 0.1) is 0 Å². The Labute approximate surface area is 208 Å². The summed E-state index contributed by atoms with van der Waals surface area (Å²) in [6.45, 7) is 0. The third kappa shape index (κ3) is 4.54. The largest absolute Gasteiger partial charge is 0.383 e. The van der Waals surface area contributed by atoms with Crippen LogP contribution >= 0.6 is 0 Å². The van der Waals surface area contributed by atoms with Crippen LogP contribution in [0.4, 0.5) is 23.0 Å². The van der Waals surface area contributed by atoms with E-state index in [2.05, 4.69) is 30.6 Å². The van der Waals surface area contributed by atoms with Gasteiger partial charge in [-0.1, -0.05) is 0 Å². The van der Waals surface area contributed by atoms with Crippen LogP contribution in [0.2, 0.25) is 0 Å². The number of nitrogens with zero attached hydrogens (tertiary/aromatic N) is 5. The maximum Gasteiger partial charge on any atom is 0.198 e. The zero-order valence-electron chi connectivity index (χ0n) is 19.8. The molecular weight excluding hydrogens is 454 g/mol. The van der Waals surface area contributed by atoms with E-state index >= 15 is 0 Å². The molecule has 0 saturated heterocycles. The summed E-state index contributed by atoms with van der Waals surface area (Å²) in [5, 5.41) is 6.32. The van der Waals surface area contributed by atoms with Crippen LogP contribution in [-0.2, 0) is 6.42 Å². The SMILES string of the molecule is CN(C)/C=C1/C(=O)c2cccnc2Nc2cnccc21.O=C1Cc2ccncc2Nc2ncccc21. The van der Waals surface area contributed by atoms with Crippen molar-refractivity contribution >= 4 is 40.2 Å². The van der Waals surface area contributed by atoms with Crippen LogP contribution < -0.4 is 10.6 Å². The minimum atomic E-state index is -0.0424. The molecule has 9 nitrogen and oxygen atoms in total. The Morgan fingerprint density at radius 3 is 2.17 bits per heavy atom. The summed E-state index contributed by atoms with van der Waals surface area (Å²) in [6.07, 6.45) is 12.3. The number of hydrogen-bond donors (Lipinski definition) is 2. The predicted molar refractivity (Wildman–Crippen MR) is 138 cm³/mol. The summed E-state index contributed by atoms with van der Waals surface area (Å²) in [5.41, 5.74) is 5.26. The number of nitrogens with one attached hydrogen (secondary N) is 2. The van der Waals surface area contributed by atoms with Crippen molar-refractivity contribution in [1.82, 2.24) is 24.8 Å². The Morgan fingerprint density at radius 2 is 1.42 bits per heavy atom. The number of aromatic nitrogens is 4. The second-order valence-electron chi connectivity index (χ2n) is 8.44. The zero-order valence-corrected chi connectivity index (χ0v) is 19.8. The van der Waals surface area contributed by atoms with Gasteiger partial charge in [-0.25, -0.2) is 9.97 Å². The van der Waals surface area contributed by atoms with Gasteiger partial charge in [0.15, 0.2) is 11.6 Å². The van der Waals surface area contributed by atoms with E-state index in [-0.39, 0.29) is 11.6 Å². The molecule has 0 unspecified atom stereocenters. The van der Waals surface area contributed by atoms with Crippen LogP contribution in [0.5, 0.6) is 0 Å². The summed E-state index contributed by atoms with van der Waals surface area (Å²) >= 11 is 0. The molecule has 178 valence electrons. The first-order valence-corrected chi connectivity index (χ1v) is 11.3. The van der Waals surface area contributed by atoms with Crippen molar-refractivity contribution in [1.29, 1.82) is 0 Å². The highest BCUT2D eigenvalue weighted by Crippen LogP contribution is 2.34. The Morgan fingerprint density at radius 1 is 0.778 bits per heavy atom. The van der Waals surface area contributed by atoms with Gasteiger partial charge >= 0.3 is 0 Å². The van der Waals surface area contributed by atoms with Gasteiger partial charge in [0.25, 0.3) is 0 Å². The molecule has 0 spiro atoms. The number of allylic oxidation sites excluding steroid dienone is 1. The smallest absolute Gasteiger partial charge is 0.198 e. The van der Waals surface area contributed by atoms with Crippen LogP contribution in [0.3, 0.4) is 0 Å². The molecule has 0 fully saturated rings. The molecule has 0 aliphatic carbocycles. The third-order valence-electron chi connectivity index (χ3n) is 5.67. The van der Waals surface area contributed by atoms with Crippen molar-refractivity contribution in [3.05, 3.63) is 102 Å². The number of ketones is 2. The summed E-state index contributed by atoms with van der Waals surface area (Å²) in [6, 6.07) is 10.8. The van der Waals surface area contributed by atoms with Crippen LogP contribution in [-0.4, -0.2) is 50.5 Å². The van der Waals surface area contributed by atoms with E-state index in [1.165, 1.54) is 0 Å². The fraction of sp³-hybridized carbons (Fsp3) is 0.111. The second-order valence-corrected chi connectivity index (χ2v) is 8.44. The first kappa shape index (κ1) is 22.9. The van der Waals surface area contributed by atoms with E-state index in [0.29, 0.717) is 34.8 Å². The number of anilines is 4. The average molecular weight is 478 g/mol. The van der Waals surface area contributed by atoms with E-state index < -0.39 is 0 Å². The lowest BCUT2D eigenvalue weighted by Gasteiger charge is -2.11. The van der Waals surface area contributed by atoms with Gasteiger partial charge in [0.05, 0.1) is 34.9 Å². The molecule has 0 bridgehead atoms. The topological polar surface area (TPSA) is 113 Å². The van der Waals surface area contributed by atoms with Gasteiger partial charge in [0.1, 0.15) is 11.6 Å². The Bertz CT molecular complexity index is 1500. The lowest BCUT2D eigenvalue weighted by Crippen LogP contribution is -2.08. The van der Waals surface area contributed by atoms with Gasteiger partial charge in [-0.3, -0.25) is 19.6 Å². The van der Waals surface area contributed by atoms with Crippen molar-refractivity contribution in [3.8, 4) is 0 Å². The third-order valence-corrected chi connectivity index (χ3v) is 5.67. The highest BCUT2D eigenvalue weighted by Gasteiger charge is 2.25. The van der Waals surface area contributed by atoms with Crippen molar-refractivity contribution in [3.63, 3.8) is 0 Å². The van der Waals surface area contributed by atoms with Crippen molar-refractivity contribution < 1.29 is 9.59 Å². The van der Waals surface area contributed by atoms with Crippen LogP contribution in [0.25, 0.3) is 5.57 Å².